The van der Waals surface area contributed by atoms with Crippen molar-refractivity contribution in [2.75, 3.05) is 26.7 Å². The second-order valence-electron chi connectivity index (χ2n) is 8.57. The van der Waals surface area contributed by atoms with Crippen molar-refractivity contribution in [3.05, 3.63) is 53.3 Å². The Morgan fingerprint density at radius 1 is 1.16 bits per heavy atom. The van der Waals surface area contributed by atoms with E-state index in [9.17, 15) is 18.0 Å². The number of likely N-dealkylation sites (N-methyl/N-ethyl adjacent to an activating group) is 1. The van der Waals surface area contributed by atoms with Crippen LogP contribution in [0.2, 0.25) is 0 Å². The lowest BCUT2D eigenvalue weighted by Crippen LogP contribution is -2.40. The van der Waals surface area contributed by atoms with Crippen LogP contribution >= 0.6 is 0 Å². The van der Waals surface area contributed by atoms with Crippen LogP contribution in [0.1, 0.15) is 59.8 Å². The van der Waals surface area contributed by atoms with E-state index in [0.29, 0.717) is 13.1 Å². The molecule has 1 fully saturated rings. The Morgan fingerprint density at radius 2 is 1.91 bits per heavy atom. The number of sulfonamides is 1. The molecule has 2 amide bonds. The molecular formula is C23H30N4O4S. The van der Waals surface area contributed by atoms with Crippen LogP contribution in [0.3, 0.4) is 0 Å². The predicted molar refractivity (Wildman–Crippen MR) is 121 cm³/mol. The third-order valence-electron chi connectivity index (χ3n) is 6.31. The van der Waals surface area contributed by atoms with Gasteiger partial charge in [-0.25, -0.2) is 8.42 Å². The molecule has 8 nitrogen and oxygen atoms in total. The fourth-order valence-corrected chi connectivity index (χ4v) is 5.65. The van der Waals surface area contributed by atoms with Crippen LogP contribution in [0, 0.1) is 0 Å². The Morgan fingerprint density at radius 3 is 2.69 bits per heavy atom. The largest absolute Gasteiger partial charge is 0.356 e. The number of aryl methyl sites for hydroxylation is 1. The maximum Gasteiger partial charge on any atom is 0.270 e. The fourth-order valence-electron chi connectivity index (χ4n) is 4.53. The first kappa shape index (κ1) is 22.5. The van der Waals surface area contributed by atoms with Crippen molar-refractivity contribution in [3.8, 4) is 0 Å². The van der Waals surface area contributed by atoms with Crippen molar-refractivity contribution < 1.29 is 18.0 Å². The molecule has 0 radical (unpaired) electrons. The van der Waals surface area contributed by atoms with Crippen LogP contribution in [0.5, 0.6) is 0 Å². The molecule has 1 atom stereocenters. The van der Waals surface area contributed by atoms with Crippen molar-refractivity contribution in [3.63, 3.8) is 0 Å². The number of H-pyrrole nitrogens is 1. The highest BCUT2D eigenvalue weighted by atomic mass is 32.2. The van der Waals surface area contributed by atoms with Gasteiger partial charge in [0.05, 0.1) is 12.6 Å². The molecule has 1 aromatic carbocycles. The van der Waals surface area contributed by atoms with Gasteiger partial charge in [-0.3, -0.25) is 9.59 Å². The van der Waals surface area contributed by atoms with E-state index >= 15 is 0 Å². The molecule has 32 heavy (non-hydrogen) atoms. The molecule has 172 valence electrons. The highest BCUT2D eigenvalue weighted by Crippen LogP contribution is 2.29. The fraction of sp³-hybridized carbons (Fsp3) is 0.478. The number of carbonyl (C=O) groups excluding carboxylic acids is 2. The Kier molecular flexibility index (Phi) is 6.66. The van der Waals surface area contributed by atoms with E-state index < -0.39 is 10.0 Å². The Balaban J connectivity index is 1.40. The summed E-state index contributed by atoms with van der Waals surface area (Å²) in [7, 11) is -2.53. The summed E-state index contributed by atoms with van der Waals surface area (Å²) in [4.78, 5) is 29.8. The van der Waals surface area contributed by atoms with E-state index in [0.717, 1.165) is 48.4 Å². The summed E-state index contributed by atoms with van der Waals surface area (Å²) in [5.41, 5.74) is 2.58. The molecule has 2 aromatic rings. The number of rotatable bonds is 6. The molecule has 0 saturated carbocycles. The Labute approximate surface area is 189 Å². The monoisotopic (exact) mass is 458 g/mol. The summed E-state index contributed by atoms with van der Waals surface area (Å²) in [5, 5.41) is 2.98. The van der Waals surface area contributed by atoms with Gasteiger partial charge in [0.2, 0.25) is 15.9 Å². The molecule has 4 rings (SSSR count). The molecule has 0 bridgehead atoms. The van der Waals surface area contributed by atoms with E-state index in [2.05, 4.69) is 16.4 Å². The Hall–Kier alpha value is -2.65. The van der Waals surface area contributed by atoms with E-state index in [4.69, 9.17) is 0 Å². The van der Waals surface area contributed by atoms with Gasteiger partial charge in [0, 0.05) is 26.3 Å². The summed E-state index contributed by atoms with van der Waals surface area (Å²) >= 11 is 0. The number of amides is 2. The normalized spacial score (nSPS) is 18.9. The number of piperidine rings is 1. The zero-order chi connectivity index (χ0) is 22.7. The smallest absolute Gasteiger partial charge is 0.270 e. The van der Waals surface area contributed by atoms with E-state index in [1.807, 2.05) is 18.2 Å². The lowest BCUT2D eigenvalue weighted by molar-refractivity contribution is -0.122. The van der Waals surface area contributed by atoms with Crippen LogP contribution in [-0.4, -0.2) is 61.1 Å². The second kappa shape index (κ2) is 9.46. The van der Waals surface area contributed by atoms with Crippen LogP contribution < -0.4 is 5.32 Å². The number of benzene rings is 1. The number of carbonyl (C=O) groups is 2. The number of hydrogen-bond donors (Lipinski definition) is 2. The van der Waals surface area contributed by atoms with E-state index in [1.165, 1.54) is 24.9 Å². The lowest BCUT2D eigenvalue weighted by atomic mass is 9.88. The summed E-state index contributed by atoms with van der Waals surface area (Å²) in [6, 6.07) is 9.28. The topological polar surface area (TPSA) is 103 Å². The standard InChI is InChI=1S/C23H30N4O4S/c1-26(16-22(28)25-20-11-7-9-17-8-3-4-10-19(17)20)32(30,31)18-14-21(24-15-18)23(29)27-12-5-2-6-13-27/h3-4,8,10,14-15,20,24H,2,5-7,9,11-13,16H2,1H3,(H,25,28)/t20-/m0/s1. The molecule has 0 unspecified atom stereocenters. The number of nitrogens with zero attached hydrogens (tertiary/aromatic N) is 2. The molecule has 2 aliphatic rings. The number of hydrogen-bond acceptors (Lipinski definition) is 4. The van der Waals surface area contributed by atoms with Gasteiger partial charge in [-0.15, -0.1) is 0 Å². The number of nitrogens with one attached hydrogen (secondary N) is 2. The van der Waals surface area contributed by atoms with Crippen molar-refractivity contribution >= 4 is 21.8 Å². The van der Waals surface area contributed by atoms with E-state index in [1.54, 1.807) is 4.90 Å². The van der Waals surface area contributed by atoms with Crippen molar-refractivity contribution in [2.45, 2.75) is 49.5 Å². The summed E-state index contributed by atoms with van der Waals surface area (Å²) in [6.45, 7) is 1.08. The third kappa shape index (κ3) is 4.73. The molecule has 0 spiro atoms. The summed E-state index contributed by atoms with van der Waals surface area (Å²) in [5.74, 6) is -0.541. The van der Waals surface area contributed by atoms with Crippen molar-refractivity contribution in [1.82, 2.24) is 19.5 Å². The van der Waals surface area contributed by atoms with Crippen LogP contribution in [0.15, 0.2) is 41.4 Å². The molecule has 1 aliphatic carbocycles. The minimum absolute atomic E-state index is 0.0174. The molecule has 1 aromatic heterocycles. The molecule has 2 heterocycles. The van der Waals surface area contributed by atoms with Crippen LogP contribution in [0.4, 0.5) is 0 Å². The number of aromatic amines is 1. The van der Waals surface area contributed by atoms with Crippen LogP contribution in [0.25, 0.3) is 0 Å². The zero-order valence-corrected chi connectivity index (χ0v) is 19.2. The average molecular weight is 459 g/mol. The van der Waals surface area contributed by atoms with Gasteiger partial charge in [-0.2, -0.15) is 4.31 Å². The number of aromatic nitrogens is 1. The van der Waals surface area contributed by atoms with Gasteiger partial charge in [-0.05, 0) is 55.7 Å². The first-order valence-electron chi connectivity index (χ1n) is 11.2. The maximum absolute atomic E-state index is 13.0. The molecule has 2 N–H and O–H groups in total. The van der Waals surface area contributed by atoms with Gasteiger partial charge in [0.1, 0.15) is 10.6 Å². The zero-order valence-electron chi connectivity index (χ0n) is 18.3. The lowest BCUT2D eigenvalue weighted by Gasteiger charge is -2.27. The third-order valence-corrected chi connectivity index (χ3v) is 8.09. The predicted octanol–water partition coefficient (Wildman–Crippen LogP) is 2.46. The highest BCUT2D eigenvalue weighted by Gasteiger charge is 2.28. The first-order valence-corrected chi connectivity index (χ1v) is 12.6. The van der Waals surface area contributed by atoms with Crippen LogP contribution in [-0.2, 0) is 21.2 Å². The van der Waals surface area contributed by atoms with Gasteiger partial charge in [-0.1, -0.05) is 24.3 Å². The molecule has 1 saturated heterocycles. The number of fused-ring (bicyclic) bond motifs is 1. The first-order chi connectivity index (χ1) is 15.4. The van der Waals surface area contributed by atoms with Crippen molar-refractivity contribution in [1.29, 1.82) is 0 Å². The van der Waals surface area contributed by atoms with Gasteiger partial charge in [0.15, 0.2) is 0 Å². The maximum atomic E-state index is 13.0. The molecular weight excluding hydrogens is 428 g/mol. The minimum Gasteiger partial charge on any atom is -0.356 e. The SMILES string of the molecule is CN(CC(=O)N[C@H]1CCCc2ccccc21)S(=O)(=O)c1c[nH]c(C(=O)N2CCCCC2)c1. The quantitative estimate of drug-likeness (QED) is 0.694. The minimum atomic E-state index is -3.91. The van der Waals surface area contributed by atoms with E-state index in [-0.39, 0.29) is 35.0 Å². The number of likely N-dealkylation sites (tertiary alicyclic amines) is 1. The van der Waals surface area contributed by atoms with Crippen molar-refractivity contribution in [2.24, 2.45) is 0 Å². The highest BCUT2D eigenvalue weighted by molar-refractivity contribution is 7.89. The summed E-state index contributed by atoms with van der Waals surface area (Å²) in [6.07, 6.45) is 7.14. The Bertz CT molecular complexity index is 1090. The second-order valence-corrected chi connectivity index (χ2v) is 10.6. The van der Waals surface area contributed by atoms with Gasteiger partial charge in [0.25, 0.3) is 5.91 Å². The summed E-state index contributed by atoms with van der Waals surface area (Å²) < 4.78 is 27.0. The molecule has 9 heteroatoms. The average Bonchev–Trinajstić information content (AvgIpc) is 3.30. The molecule has 1 aliphatic heterocycles. The van der Waals surface area contributed by atoms with Gasteiger partial charge >= 0.3 is 0 Å². The van der Waals surface area contributed by atoms with Gasteiger partial charge < -0.3 is 15.2 Å².